The average Bonchev–Trinajstić information content (AvgIpc) is 2.71. The van der Waals surface area contributed by atoms with Crippen LogP contribution < -0.4 is 10.0 Å². The number of benzene rings is 3. The van der Waals surface area contributed by atoms with Gasteiger partial charge < -0.3 is 5.32 Å². The molecule has 0 fully saturated rings. The van der Waals surface area contributed by atoms with Crippen molar-refractivity contribution >= 4 is 33.4 Å². The number of carbonyl (C=O) groups is 1. The second kappa shape index (κ2) is 8.97. The number of amides is 1. The highest BCUT2D eigenvalue weighted by molar-refractivity contribution is 7.92. The zero-order valence-electron chi connectivity index (χ0n) is 17.1. The van der Waals surface area contributed by atoms with Crippen LogP contribution in [0, 0.1) is 20.8 Å². The van der Waals surface area contributed by atoms with Gasteiger partial charge >= 0.3 is 0 Å². The first-order valence-electron chi connectivity index (χ1n) is 9.49. The van der Waals surface area contributed by atoms with E-state index in [1.165, 1.54) is 18.2 Å². The molecule has 3 aromatic carbocycles. The zero-order chi connectivity index (χ0) is 21.7. The summed E-state index contributed by atoms with van der Waals surface area (Å²) in [6, 6.07) is 19.5. The van der Waals surface area contributed by atoms with Crippen LogP contribution >= 0.6 is 0 Å². The second-order valence-corrected chi connectivity index (χ2v) is 8.81. The van der Waals surface area contributed by atoms with Crippen molar-refractivity contribution in [2.75, 3.05) is 10.0 Å². The monoisotopic (exact) mass is 420 g/mol. The Morgan fingerprint density at radius 3 is 2.03 bits per heavy atom. The van der Waals surface area contributed by atoms with Crippen LogP contribution in [0.25, 0.3) is 6.08 Å². The lowest BCUT2D eigenvalue weighted by atomic mass is 10.1. The van der Waals surface area contributed by atoms with Crippen LogP contribution in [0.1, 0.15) is 22.3 Å². The van der Waals surface area contributed by atoms with Crippen molar-refractivity contribution < 1.29 is 13.2 Å². The molecule has 0 saturated heterocycles. The van der Waals surface area contributed by atoms with Crippen LogP contribution in [0.15, 0.2) is 77.7 Å². The van der Waals surface area contributed by atoms with E-state index in [1.54, 1.807) is 18.2 Å². The van der Waals surface area contributed by atoms with Gasteiger partial charge in [-0.05, 0) is 67.8 Å². The molecule has 0 radical (unpaired) electrons. The van der Waals surface area contributed by atoms with Gasteiger partial charge in [-0.25, -0.2) is 8.42 Å². The van der Waals surface area contributed by atoms with Crippen LogP contribution in [0.3, 0.4) is 0 Å². The van der Waals surface area contributed by atoms with Crippen LogP contribution in [0.4, 0.5) is 11.4 Å². The van der Waals surface area contributed by atoms with E-state index in [0.717, 1.165) is 22.3 Å². The molecule has 3 aromatic rings. The number of nitrogens with one attached hydrogen (secondary N) is 2. The first-order valence-corrected chi connectivity index (χ1v) is 11.0. The van der Waals surface area contributed by atoms with Gasteiger partial charge in [0.15, 0.2) is 0 Å². The van der Waals surface area contributed by atoms with E-state index in [2.05, 4.69) is 10.0 Å². The smallest absolute Gasteiger partial charge is 0.261 e. The minimum atomic E-state index is -3.73. The molecule has 1 amide bonds. The molecule has 6 heteroatoms. The fourth-order valence-electron chi connectivity index (χ4n) is 2.92. The maximum Gasteiger partial charge on any atom is 0.261 e. The largest absolute Gasteiger partial charge is 0.323 e. The lowest BCUT2D eigenvalue weighted by molar-refractivity contribution is -0.111. The van der Waals surface area contributed by atoms with Crippen LogP contribution in [0.2, 0.25) is 0 Å². The molecule has 0 heterocycles. The van der Waals surface area contributed by atoms with Crippen molar-refractivity contribution in [2.45, 2.75) is 25.7 Å². The Kier molecular flexibility index (Phi) is 6.37. The van der Waals surface area contributed by atoms with Gasteiger partial charge in [0.2, 0.25) is 5.91 Å². The molecule has 5 nitrogen and oxygen atoms in total. The third-order valence-electron chi connectivity index (χ3n) is 4.65. The van der Waals surface area contributed by atoms with E-state index in [0.29, 0.717) is 11.4 Å². The van der Waals surface area contributed by atoms with Gasteiger partial charge in [0, 0.05) is 11.8 Å². The highest BCUT2D eigenvalue weighted by Crippen LogP contribution is 2.24. The number of hydrogen-bond acceptors (Lipinski definition) is 3. The molecule has 154 valence electrons. The lowest BCUT2D eigenvalue weighted by Gasteiger charge is -2.13. The Morgan fingerprint density at radius 2 is 1.43 bits per heavy atom. The molecule has 0 bridgehead atoms. The predicted molar refractivity (Wildman–Crippen MR) is 122 cm³/mol. The fourth-order valence-corrected chi connectivity index (χ4v) is 4.12. The normalized spacial score (nSPS) is 11.4. The van der Waals surface area contributed by atoms with Crippen molar-refractivity contribution in [1.82, 2.24) is 0 Å². The predicted octanol–water partition coefficient (Wildman–Crippen LogP) is 5.06. The van der Waals surface area contributed by atoms with Gasteiger partial charge in [0.05, 0.1) is 10.6 Å². The van der Waals surface area contributed by atoms with E-state index in [4.69, 9.17) is 0 Å². The maximum absolute atomic E-state index is 12.7. The van der Waals surface area contributed by atoms with Crippen molar-refractivity contribution in [1.29, 1.82) is 0 Å². The minimum absolute atomic E-state index is 0.123. The molecule has 0 saturated carbocycles. The number of aryl methyl sites for hydroxylation is 3. The third kappa shape index (κ3) is 5.36. The summed E-state index contributed by atoms with van der Waals surface area (Å²) in [4.78, 5) is 12.2. The van der Waals surface area contributed by atoms with E-state index in [-0.39, 0.29) is 10.8 Å². The molecule has 0 atom stereocenters. The fraction of sp³-hybridized carbons (Fsp3) is 0.125. The lowest BCUT2D eigenvalue weighted by Crippen LogP contribution is -2.15. The number of sulfonamides is 1. The van der Waals surface area contributed by atoms with E-state index in [1.807, 2.05) is 63.2 Å². The molecule has 0 aromatic heterocycles. The van der Waals surface area contributed by atoms with E-state index in [9.17, 15) is 13.2 Å². The summed E-state index contributed by atoms with van der Waals surface area (Å²) in [5, 5.41) is 2.73. The first kappa shape index (κ1) is 21.3. The minimum Gasteiger partial charge on any atom is -0.323 e. The Hall–Kier alpha value is -3.38. The number of para-hydroxylation sites is 1. The molecule has 0 spiro atoms. The molecule has 2 N–H and O–H groups in total. The Bertz CT molecular complexity index is 1160. The van der Waals surface area contributed by atoms with Crippen molar-refractivity contribution in [3.8, 4) is 0 Å². The van der Waals surface area contributed by atoms with Crippen molar-refractivity contribution in [2.24, 2.45) is 0 Å². The zero-order valence-corrected chi connectivity index (χ0v) is 18.0. The van der Waals surface area contributed by atoms with Crippen molar-refractivity contribution in [3.05, 3.63) is 95.1 Å². The Balaban J connectivity index is 1.68. The van der Waals surface area contributed by atoms with Gasteiger partial charge in [-0.3, -0.25) is 9.52 Å². The number of carbonyl (C=O) groups excluding carboxylic acids is 1. The number of anilines is 2. The molecule has 0 aliphatic carbocycles. The van der Waals surface area contributed by atoms with Gasteiger partial charge in [-0.2, -0.15) is 0 Å². The number of hydrogen-bond donors (Lipinski definition) is 2. The average molecular weight is 421 g/mol. The number of rotatable bonds is 6. The van der Waals surface area contributed by atoms with Crippen LogP contribution in [0.5, 0.6) is 0 Å². The summed E-state index contributed by atoms with van der Waals surface area (Å²) in [6.07, 6.45) is 3.17. The highest BCUT2D eigenvalue weighted by atomic mass is 32.2. The SMILES string of the molecule is Cc1ccc(C=CC(=O)Nc2ccc(S(=O)(=O)Nc3c(C)cccc3C)cc2)cc1. The molecule has 0 aliphatic heterocycles. The molecule has 0 unspecified atom stereocenters. The standard InChI is InChI=1S/C24H24N2O3S/c1-17-7-9-20(10-8-17)11-16-23(27)25-21-12-14-22(15-13-21)30(28,29)26-24-18(2)5-4-6-19(24)3/h4-16,26H,1-3H3,(H,25,27). The Labute approximate surface area is 177 Å². The van der Waals surface area contributed by atoms with Crippen LogP contribution in [-0.2, 0) is 14.8 Å². The summed E-state index contributed by atoms with van der Waals surface area (Å²) in [6.45, 7) is 5.71. The highest BCUT2D eigenvalue weighted by Gasteiger charge is 2.16. The molecule has 0 aliphatic rings. The topological polar surface area (TPSA) is 75.3 Å². The van der Waals surface area contributed by atoms with Gasteiger partial charge in [0.25, 0.3) is 10.0 Å². The van der Waals surface area contributed by atoms with E-state index >= 15 is 0 Å². The Morgan fingerprint density at radius 1 is 0.833 bits per heavy atom. The molecule has 30 heavy (non-hydrogen) atoms. The summed E-state index contributed by atoms with van der Waals surface area (Å²) in [7, 11) is -3.73. The molecule has 3 rings (SSSR count). The van der Waals surface area contributed by atoms with Crippen molar-refractivity contribution in [3.63, 3.8) is 0 Å². The van der Waals surface area contributed by atoms with Gasteiger partial charge in [-0.1, -0.05) is 48.0 Å². The van der Waals surface area contributed by atoms with Gasteiger partial charge in [0.1, 0.15) is 0 Å². The third-order valence-corrected chi connectivity index (χ3v) is 6.02. The van der Waals surface area contributed by atoms with Crippen LogP contribution in [-0.4, -0.2) is 14.3 Å². The molecular formula is C24H24N2O3S. The quantitative estimate of drug-likeness (QED) is 0.547. The summed E-state index contributed by atoms with van der Waals surface area (Å²) in [5.41, 5.74) is 4.87. The first-order chi connectivity index (χ1) is 14.2. The summed E-state index contributed by atoms with van der Waals surface area (Å²) in [5.74, 6) is -0.292. The van der Waals surface area contributed by atoms with E-state index < -0.39 is 10.0 Å². The molecular weight excluding hydrogens is 396 g/mol. The second-order valence-electron chi connectivity index (χ2n) is 7.13. The van der Waals surface area contributed by atoms with Gasteiger partial charge in [-0.15, -0.1) is 0 Å². The summed E-state index contributed by atoms with van der Waals surface area (Å²) >= 11 is 0. The maximum atomic E-state index is 12.7. The summed E-state index contributed by atoms with van der Waals surface area (Å²) < 4.78 is 28.1.